The summed E-state index contributed by atoms with van der Waals surface area (Å²) in [5, 5.41) is 6.28. The normalized spacial score (nSPS) is 30.2. The van der Waals surface area contributed by atoms with Gasteiger partial charge in [-0.25, -0.2) is 4.79 Å². The van der Waals surface area contributed by atoms with Crippen molar-refractivity contribution < 1.29 is 4.79 Å². The highest BCUT2D eigenvalue weighted by Gasteiger charge is 2.42. The van der Waals surface area contributed by atoms with Crippen molar-refractivity contribution in [2.75, 3.05) is 5.32 Å². The van der Waals surface area contributed by atoms with Crippen LogP contribution in [-0.4, -0.2) is 35.1 Å². The quantitative estimate of drug-likeness (QED) is 0.853. The summed E-state index contributed by atoms with van der Waals surface area (Å²) >= 11 is 0. The fourth-order valence-corrected chi connectivity index (χ4v) is 5.39. The first-order chi connectivity index (χ1) is 12.2. The van der Waals surface area contributed by atoms with Crippen LogP contribution in [0.5, 0.6) is 0 Å². The Morgan fingerprint density at radius 1 is 0.960 bits per heavy atom. The van der Waals surface area contributed by atoms with Crippen LogP contribution in [0.2, 0.25) is 0 Å². The van der Waals surface area contributed by atoms with E-state index in [1.165, 1.54) is 44.9 Å². The van der Waals surface area contributed by atoms with Gasteiger partial charge in [-0.2, -0.15) is 0 Å². The highest BCUT2D eigenvalue weighted by atomic mass is 16.2. The van der Waals surface area contributed by atoms with Crippen LogP contribution >= 0.6 is 0 Å². The van der Waals surface area contributed by atoms with Gasteiger partial charge in [0.2, 0.25) is 0 Å². The van der Waals surface area contributed by atoms with Gasteiger partial charge in [-0.05, 0) is 57.1 Å². The average molecular weight is 341 g/mol. The van der Waals surface area contributed by atoms with E-state index in [-0.39, 0.29) is 6.03 Å². The van der Waals surface area contributed by atoms with Crippen LogP contribution in [-0.2, 0) is 0 Å². The number of anilines is 1. The predicted molar refractivity (Wildman–Crippen MR) is 102 cm³/mol. The minimum atomic E-state index is -0.0494. The average Bonchev–Trinajstić information content (AvgIpc) is 3.10. The summed E-state index contributed by atoms with van der Waals surface area (Å²) in [7, 11) is 0. The Balaban J connectivity index is 1.36. The number of amides is 2. The molecule has 3 aliphatic rings. The first kappa shape index (κ1) is 16.9. The molecule has 25 heavy (non-hydrogen) atoms. The van der Waals surface area contributed by atoms with Gasteiger partial charge >= 0.3 is 6.03 Å². The lowest BCUT2D eigenvalue weighted by atomic mass is 9.80. The molecule has 1 aromatic carbocycles. The van der Waals surface area contributed by atoms with E-state index < -0.39 is 0 Å². The Hall–Kier alpha value is -1.55. The summed E-state index contributed by atoms with van der Waals surface area (Å²) in [5.74, 6) is 0. The number of hydrogen-bond donors (Lipinski definition) is 2. The van der Waals surface area contributed by atoms with Gasteiger partial charge < -0.3 is 10.6 Å². The molecule has 2 N–H and O–H groups in total. The van der Waals surface area contributed by atoms with Crippen LogP contribution in [0.3, 0.4) is 0 Å². The van der Waals surface area contributed by atoms with Crippen molar-refractivity contribution >= 4 is 11.7 Å². The van der Waals surface area contributed by atoms with Gasteiger partial charge in [-0.3, -0.25) is 4.90 Å². The maximum absolute atomic E-state index is 12.5. The van der Waals surface area contributed by atoms with E-state index in [1.54, 1.807) is 0 Å². The first-order valence-corrected chi connectivity index (χ1v) is 10.1. The van der Waals surface area contributed by atoms with Crippen LogP contribution < -0.4 is 10.6 Å². The standard InChI is InChI=1S/C21H31N3O/c1-15-7-2-5-12-20(15)23-21(25)22-16-13-18-10-6-11-19(14-16)24(18)17-8-3-4-9-17/h2,5,7,12,16-19H,3-4,6,8-11,13-14H2,1H3,(H2,22,23,25)/t18-,19-/m1/s1. The Morgan fingerprint density at radius 2 is 1.60 bits per heavy atom. The first-order valence-electron chi connectivity index (χ1n) is 10.1. The number of nitrogens with zero attached hydrogens (tertiary/aromatic N) is 1. The second kappa shape index (κ2) is 7.36. The molecular formula is C21H31N3O. The van der Waals surface area contributed by atoms with Gasteiger partial charge in [-0.1, -0.05) is 37.5 Å². The molecule has 2 amide bonds. The van der Waals surface area contributed by atoms with Crippen LogP contribution in [0.25, 0.3) is 0 Å². The van der Waals surface area contributed by atoms with E-state index in [4.69, 9.17) is 0 Å². The number of benzene rings is 1. The molecule has 0 aromatic heterocycles. The molecule has 2 saturated heterocycles. The second-order valence-corrected chi connectivity index (χ2v) is 8.21. The largest absolute Gasteiger partial charge is 0.335 e. The summed E-state index contributed by atoms with van der Waals surface area (Å²) in [6.07, 6.45) is 11.8. The number of nitrogens with one attached hydrogen (secondary N) is 2. The summed E-state index contributed by atoms with van der Waals surface area (Å²) in [6, 6.07) is 10.4. The molecule has 4 nitrogen and oxygen atoms in total. The second-order valence-electron chi connectivity index (χ2n) is 8.21. The van der Waals surface area contributed by atoms with E-state index in [0.29, 0.717) is 18.1 Å². The molecule has 2 aliphatic heterocycles. The third-order valence-corrected chi connectivity index (χ3v) is 6.51. The summed E-state index contributed by atoms with van der Waals surface area (Å²) in [5.41, 5.74) is 2.01. The maximum Gasteiger partial charge on any atom is 0.319 e. The zero-order valence-electron chi connectivity index (χ0n) is 15.3. The molecule has 2 heterocycles. The monoisotopic (exact) mass is 341 g/mol. The molecule has 0 unspecified atom stereocenters. The number of rotatable bonds is 3. The molecule has 1 aromatic rings. The van der Waals surface area contributed by atoms with Gasteiger partial charge in [0.25, 0.3) is 0 Å². The number of piperidine rings is 2. The van der Waals surface area contributed by atoms with Crippen molar-refractivity contribution in [1.82, 2.24) is 10.2 Å². The van der Waals surface area contributed by atoms with Gasteiger partial charge in [0.1, 0.15) is 0 Å². The van der Waals surface area contributed by atoms with E-state index in [0.717, 1.165) is 30.1 Å². The van der Waals surface area contributed by atoms with Crippen molar-refractivity contribution in [3.05, 3.63) is 29.8 Å². The van der Waals surface area contributed by atoms with E-state index in [2.05, 4.69) is 15.5 Å². The molecule has 1 saturated carbocycles. The van der Waals surface area contributed by atoms with Crippen molar-refractivity contribution in [3.8, 4) is 0 Å². The maximum atomic E-state index is 12.5. The molecule has 2 atom stereocenters. The number of para-hydroxylation sites is 1. The number of carbonyl (C=O) groups is 1. The SMILES string of the molecule is Cc1ccccc1NC(=O)NC1C[C@H]2CCC[C@H](C1)N2C1CCCC1. The molecule has 0 spiro atoms. The van der Waals surface area contributed by atoms with Crippen molar-refractivity contribution in [3.63, 3.8) is 0 Å². The highest BCUT2D eigenvalue weighted by molar-refractivity contribution is 5.90. The lowest BCUT2D eigenvalue weighted by Gasteiger charge is -2.51. The van der Waals surface area contributed by atoms with Crippen molar-refractivity contribution in [2.45, 2.75) is 88.9 Å². The van der Waals surface area contributed by atoms with Crippen molar-refractivity contribution in [1.29, 1.82) is 0 Å². The molecule has 4 rings (SSSR count). The van der Waals surface area contributed by atoms with Crippen LogP contribution in [0, 0.1) is 6.92 Å². The smallest absolute Gasteiger partial charge is 0.319 e. The van der Waals surface area contributed by atoms with E-state index in [9.17, 15) is 4.79 Å². The molecule has 0 radical (unpaired) electrons. The zero-order chi connectivity index (χ0) is 17.2. The van der Waals surface area contributed by atoms with Crippen molar-refractivity contribution in [2.24, 2.45) is 0 Å². The number of aryl methyl sites for hydroxylation is 1. The molecule has 136 valence electrons. The lowest BCUT2D eigenvalue weighted by Crippen LogP contribution is -2.59. The highest BCUT2D eigenvalue weighted by Crippen LogP contribution is 2.39. The van der Waals surface area contributed by atoms with E-state index >= 15 is 0 Å². The topological polar surface area (TPSA) is 44.4 Å². The van der Waals surface area contributed by atoms with E-state index in [1.807, 2.05) is 31.2 Å². The number of urea groups is 1. The Labute approximate surface area is 151 Å². The van der Waals surface area contributed by atoms with Gasteiger partial charge in [-0.15, -0.1) is 0 Å². The fraction of sp³-hybridized carbons (Fsp3) is 0.667. The third-order valence-electron chi connectivity index (χ3n) is 6.51. The number of hydrogen-bond acceptors (Lipinski definition) is 2. The zero-order valence-corrected chi connectivity index (χ0v) is 15.3. The third kappa shape index (κ3) is 3.69. The minimum absolute atomic E-state index is 0.0494. The van der Waals surface area contributed by atoms with Gasteiger partial charge in [0.05, 0.1) is 0 Å². The predicted octanol–water partition coefficient (Wildman–Crippen LogP) is 4.44. The van der Waals surface area contributed by atoms with Crippen LogP contribution in [0.15, 0.2) is 24.3 Å². The number of fused-ring (bicyclic) bond motifs is 2. The van der Waals surface area contributed by atoms with Crippen LogP contribution in [0.4, 0.5) is 10.5 Å². The molecule has 1 aliphatic carbocycles. The molecule has 2 bridgehead atoms. The molecular weight excluding hydrogens is 310 g/mol. The van der Waals surface area contributed by atoms with Crippen LogP contribution in [0.1, 0.15) is 63.4 Å². The minimum Gasteiger partial charge on any atom is -0.335 e. The van der Waals surface area contributed by atoms with Gasteiger partial charge in [0.15, 0.2) is 0 Å². The molecule has 3 fully saturated rings. The fourth-order valence-electron chi connectivity index (χ4n) is 5.39. The summed E-state index contributed by atoms with van der Waals surface area (Å²) in [6.45, 7) is 2.03. The Bertz CT molecular complexity index is 597. The van der Waals surface area contributed by atoms with Gasteiger partial charge in [0, 0.05) is 29.9 Å². The summed E-state index contributed by atoms with van der Waals surface area (Å²) in [4.78, 5) is 15.3. The molecule has 4 heteroatoms. The number of carbonyl (C=O) groups excluding carboxylic acids is 1. The Morgan fingerprint density at radius 3 is 2.28 bits per heavy atom. The Kier molecular flexibility index (Phi) is 4.98. The summed E-state index contributed by atoms with van der Waals surface area (Å²) < 4.78 is 0. The lowest BCUT2D eigenvalue weighted by molar-refractivity contribution is -0.00680.